The van der Waals surface area contributed by atoms with Crippen LogP contribution in [-0.2, 0) is 16.1 Å². The molecule has 132 valence electrons. The van der Waals surface area contributed by atoms with Gasteiger partial charge in [0, 0.05) is 12.0 Å². The van der Waals surface area contributed by atoms with Gasteiger partial charge in [0.1, 0.15) is 11.6 Å². The number of aromatic nitrogens is 1. The van der Waals surface area contributed by atoms with Crippen LogP contribution in [0.3, 0.4) is 0 Å². The van der Waals surface area contributed by atoms with Gasteiger partial charge >= 0.3 is 5.97 Å². The summed E-state index contributed by atoms with van der Waals surface area (Å²) >= 11 is 0. The number of likely N-dealkylation sites (tertiary alicyclic amines) is 1. The summed E-state index contributed by atoms with van der Waals surface area (Å²) in [5.74, 6) is -1.66. The summed E-state index contributed by atoms with van der Waals surface area (Å²) in [6.45, 7) is 3.75. The first kappa shape index (κ1) is 17.1. The van der Waals surface area contributed by atoms with Gasteiger partial charge in [0.15, 0.2) is 0 Å². The standard InChI is InChI=1S/C18H19FN2O4/c1-10-15(11(2)25-20-10)9-21-16(22)8-7-14(18(23)24)17(21)12-3-5-13(19)6-4-12/h3-6,14,17H,7-9H2,1-2H3,(H,23,24)/t14-,17+/m0/s1. The molecule has 1 aromatic carbocycles. The molecule has 2 heterocycles. The number of benzene rings is 1. The van der Waals surface area contributed by atoms with Gasteiger partial charge in [-0.25, -0.2) is 4.39 Å². The fourth-order valence-electron chi connectivity index (χ4n) is 3.37. The van der Waals surface area contributed by atoms with Gasteiger partial charge in [0.25, 0.3) is 0 Å². The van der Waals surface area contributed by atoms with E-state index in [-0.39, 0.29) is 25.3 Å². The maximum atomic E-state index is 13.3. The normalized spacial score (nSPS) is 20.8. The third-order valence-corrected chi connectivity index (χ3v) is 4.74. The largest absolute Gasteiger partial charge is 0.481 e. The smallest absolute Gasteiger partial charge is 0.308 e. The number of nitrogens with zero attached hydrogens (tertiary/aromatic N) is 2. The predicted octanol–water partition coefficient (Wildman–Crippen LogP) is 3.00. The van der Waals surface area contributed by atoms with Crippen LogP contribution in [0.4, 0.5) is 4.39 Å². The summed E-state index contributed by atoms with van der Waals surface area (Å²) in [7, 11) is 0. The van der Waals surface area contributed by atoms with Crippen molar-refractivity contribution >= 4 is 11.9 Å². The van der Waals surface area contributed by atoms with E-state index in [2.05, 4.69) is 5.16 Å². The number of carbonyl (C=O) groups is 2. The molecular formula is C18H19FN2O4. The number of piperidine rings is 1. The first-order valence-electron chi connectivity index (χ1n) is 8.08. The third-order valence-electron chi connectivity index (χ3n) is 4.74. The highest BCUT2D eigenvalue weighted by molar-refractivity contribution is 5.81. The predicted molar refractivity (Wildman–Crippen MR) is 86.0 cm³/mol. The molecule has 0 aliphatic carbocycles. The molecule has 0 saturated carbocycles. The van der Waals surface area contributed by atoms with Crippen molar-refractivity contribution < 1.29 is 23.6 Å². The second-order valence-electron chi connectivity index (χ2n) is 6.30. The van der Waals surface area contributed by atoms with Crippen LogP contribution in [0.2, 0.25) is 0 Å². The Morgan fingerprint density at radius 3 is 2.60 bits per heavy atom. The molecule has 3 rings (SSSR count). The van der Waals surface area contributed by atoms with E-state index in [1.165, 1.54) is 24.3 Å². The average Bonchev–Trinajstić information content (AvgIpc) is 2.89. The Morgan fingerprint density at radius 1 is 1.36 bits per heavy atom. The lowest BCUT2D eigenvalue weighted by molar-refractivity contribution is -0.152. The Labute approximate surface area is 144 Å². The minimum atomic E-state index is -0.967. The summed E-state index contributed by atoms with van der Waals surface area (Å²) in [5, 5.41) is 13.5. The quantitative estimate of drug-likeness (QED) is 0.920. The Balaban J connectivity index is 2.02. The minimum Gasteiger partial charge on any atom is -0.481 e. The SMILES string of the molecule is Cc1noc(C)c1CN1C(=O)CC[C@H](C(=O)O)[C@H]1c1ccc(F)cc1. The lowest BCUT2D eigenvalue weighted by Crippen LogP contribution is -2.45. The number of aliphatic carboxylic acids is 1. The Kier molecular flexibility index (Phi) is 4.57. The fourth-order valence-corrected chi connectivity index (χ4v) is 3.37. The van der Waals surface area contributed by atoms with Crippen molar-refractivity contribution in [2.24, 2.45) is 5.92 Å². The molecule has 1 aliphatic rings. The number of hydrogen-bond donors (Lipinski definition) is 1. The van der Waals surface area contributed by atoms with E-state index < -0.39 is 23.7 Å². The number of halogens is 1. The number of carboxylic acids is 1. The highest BCUT2D eigenvalue weighted by Gasteiger charge is 2.41. The second kappa shape index (κ2) is 6.66. The summed E-state index contributed by atoms with van der Waals surface area (Å²) in [5.41, 5.74) is 2.04. The van der Waals surface area contributed by atoms with Crippen LogP contribution in [0.25, 0.3) is 0 Å². The van der Waals surface area contributed by atoms with Gasteiger partial charge in [-0.3, -0.25) is 9.59 Å². The molecule has 1 saturated heterocycles. The van der Waals surface area contributed by atoms with Crippen molar-refractivity contribution in [1.82, 2.24) is 10.1 Å². The van der Waals surface area contributed by atoms with Crippen molar-refractivity contribution in [2.75, 3.05) is 0 Å². The molecule has 0 spiro atoms. The highest BCUT2D eigenvalue weighted by Crippen LogP contribution is 2.38. The second-order valence-corrected chi connectivity index (χ2v) is 6.30. The van der Waals surface area contributed by atoms with Gasteiger partial charge in [-0.15, -0.1) is 0 Å². The van der Waals surface area contributed by atoms with Crippen LogP contribution < -0.4 is 0 Å². The zero-order valence-corrected chi connectivity index (χ0v) is 14.0. The van der Waals surface area contributed by atoms with Crippen LogP contribution >= 0.6 is 0 Å². The summed E-state index contributed by atoms with van der Waals surface area (Å²) < 4.78 is 18.4. The monoisotopic (exact) mass is 346 g/mol. The fraction of sp³-hybridized carbons (Fsp3) is 0.389. The highest BCUT2D eigenvalue weighted by atomic mass is 19.1. The van der Waals surface area contributed by atoms with Gasteiger partial charge in [0.2, 0.25) is 5.91 Å². The van der Waals surface area contributed by atoms with Crippen molar-refractivity contribution in [3.05, 3.63) is 52.7 Å². The molecule has 2 atom stereocenters. The summed E-state index contributed by atoms with van der Waals surface area (Å²) in [4.78, 5) is 25.9. The molecule has 1 fully saturated rings. The molecular weight excluding hydrogens is 327 g/mol. The Hall–Kier alpha value is -2.70. The molecule has 0 radical (unpaired) electrons. The molecule has 0 bridgehead atoms. The molecule has 25 heavy (non-hydrogen) atoms. The van der Waals surface area contributed by atoms with Gasteiger partial charge in [0.05, 0.1) is 24.2 Å². The molecule has 1 aliphatic heterocycles. The molecule has 1 aromatic heterocycles. The minimum absolute atomic E-state index is 0.133. The number of carbonyl (C=O) groups excluding carboxylic acids is 1. The van der Waals surface area contributed by atoms with Gasteiger partial charge in [-0.1, -0.05) is 17.3 Å². The number of aryl methyl sites for hydroxylation is 2. The van der Waals surface area contributed by atoms with E-state index in [4.69, 9.17) is 4.52 Å². The topological polar surface area (TPSA) is 83.6 Å². The van der Waals surface area contributed by atoms with Crippen LogP contribution in [0.15, 0.2) is 28.8 Å². The first-order valence-corrected chi connectivity index (χ1v) is 8.08. The van der Waals surface area contributed by atoms with E-state index in [9.17, 15) is 19.1 Å². The lowest BCUT2D eigenvalue weighted by Gasteiger charge is -2.39. The number of rotatable bonds is 4. The number of amides is 1. The van der Waals surface area contributed by atoms with Gasteiger partial charge in [-0.05, 0) is 38.0 Å². The van der Waals surface area contributed by atoms with Crippen LogP contribution in [-0.4, -0.2) is 27.0 Å². The molecule has 0 unspecified atom stereocenters. The van der Waals surface area contributed by atoms with Crippen molar-refractivity contribution in [3.63, 3.8) is 0 Å². The van der Waals surface area contributed by atoms with Crippen LogP contribution in [0.1, 0.15) is 41.5 Å². The zero-order chi connectivity index (χ0) is 18.1. The van der Waals surface area contributed by atoms with Gasteiger partial charge in [-0.2, -0.15) is 0 Å². The molecule has 7 heteroatoms. The van der Waals surface area contributed by atoms with E-state index >= 15 is 0 Å². The maximum absolute atomic E-state index is 13.3. The van der Waals surface area contributed by atoms with E-state index in [1.54, 1.807) is 18.7 Å². The average molecular weight is 346 g/mol. The molecule has 2 aromatic rings. The number of carboxylic acid groups (broad SMARTS) is 1. The van der Waals surface area contributed by atoms with E-state index in [0.717, 1.165) is 5.56 Å². The molecule has 1 amide bonds. The van der Waals surface area contributed by atoms with Crippen molar-refractivity contribution in [1.29, 1.82) is 0 Å². The summed E-state index contributed by atoms with van der Waals surface area (Å²) in [6.07, 6.45) is 0.423. The molecule has 6 nitrogen and oxygen atoms in total. The number of hydrogen-bond acceptors (Lipinski definition) is 4. The molecule has 1 N–H and O–H groups in total. The summed E-state index contributed by atoms with van der Waals surface area (Å²) in [6, 6.07) is 4.97. The first-order chi connectivity index (χ1) is 11.9. The zero-order valence-electron chi connectivity index (χ0n) is 14.0. The van der Waals surface area contributed by atoms with E-state index in [0.29, 0.717) is 17.0 Å². The van der Waals surface area contributed by atoms with Crippen LogP contribution in [0.5, 0.6) is 0 Å². The lowest BCUT2D eigenvalue weighted by atomic mass is 9.84. The van der Waals surface area contributed by atoms with Crippen LogP contribution in [0, 0.1) is 25.6 Å². The Morgan fingerprint density at radius 2 is 2.04 bits per heavy atom. The van der Waals surface area contributed by atoms with Crippen molar-refractivity contribution in [3.8, 4) is 0 Å². The van der Waals surface area contributed by atoms with Gasteiger partial charge < -0.3 is 14.5 Å². The Bertz CT molecular complexity index is 780. The van der Waals surface area contributed by atoms with E-state index in [1.807, 2.05) is 0 Å². The maximum Gasteiger partial charge on any atom is 0.308 e. The third kappa shape index (κ3) is 3.26. The van der Waals surface area contributed by atoms with Crippen molar-refractivity contribution in [2.45, 2.75) is 39.3 Å².